The van der Waals surface area contributed by atoms with Gasteiger partial charge in [0.2, 0.25) is 0 Å². The van der Waals surface area contributed by atoms with Crippen LogP contribution >= 0.6 is 23.4 Å². The van der Waals surface area contributed by atoms with Gasteiger partial charge in [0, 0.05) is 37.1 Å². The molecule has 3 rings (SSSR count). The first-order chi connectivity index (χ1) is 10.1. The van der Waals surface area contributed by atoms with Crippen molar-refractivity contribution in [1.82, 2.24) is 24.3 Å². The smallest absolute Gasteiger partial charge is 0.191 e. The number of nitrogens with zero attached hydrogens (tertiary/aromatic N) is 5. The van der Waals surface area contributed by atoms with Crippen molar-refractivity contribution < 1.29 is 0 Å². The Kier molecular flexibility index (Phi) is 3.98. The molecule has 0 aliphatic heterocycles. The maximum Gasteiger partial charge on any atom is 0.191 e. The number of aryl methyl sites for hydroxylation is 1. The van der Waals surface area contributed by atoms with Crippen LogP contribution in [0, 0.1) is 0 Å². The molecule has 0 bridgehead atoms. The molecule has 108 valence electrons. The monoisotopic (exact) mass is 319 g/mol. The molecule has 0 fully saturated rings. The highest BCUT2D eigenvalue weighted by Gasteiger charge is 2.12. The van der Waals surface area contributed by atoms with Gasteiger partial charge in [-0.3, -0.25) is 0 Å². The van der Waals surface area contributed by atoms with Crippen LogP contribution in [0.15, 0.2) is 41.8 Å². The molecule has 0 unspecified atom stereocenters. The van der Waals surface area contributed by atoms with Gasteiger partial charge in [0.25, 0.3) is 0 Å². The molecule has 3 aromatic rings. The van der Waals surface area contributed by atoms with Gasteiger partial charge in [-0.1, -0.05) is 23.4 Å². The van der Waals surface area contributed by atoms with E-state index in [1.165, 1.54) is 0 Å². The summed E-state index contributed by atoms with van der Waals surface area (Å²) in [5.41, 5.74) is 0.998. The lowest BCUT2D eigenvalue weighted by Gasteiger charge is -2.04. The first kappa shape index (κ1) is 14.2. The molecule has 0 saturated carbocycles. The summed E-state index contributed by atoms with van der Waals surface area (Å²) in [5.74, 6) is 2.60. The van der Waals surface area contributed by atoms with E-state index in [1.807, 2.05) is 53.7 Å². The molecule has 0 aliphatic rings. The fraction of sp³-hybridized carbons (Fsp3) is 0.214. The number of benzene rings is 1. The molecule has 0 aliphatic carbocycles. The van der Waals surface area contributed by atoms with Crippen molar-refractivity contribution in [3.8, 4) is 11.4 Å². The van der Waals surface area contributed by atoms with E-state index in [0.717, 1.165) is 28.1 Å². The fourth-order valence-corrected chi connectivity index (χ4v) is 3.00. The minimum atomic E-state index is 0.713. The van der Waals surface area contributed by atoms with E-state index in [-0.39, 0.29) is 0 Å². The Morgan fingerprint density at radius 2 is 1.90 bits per heavy atom. The summed E-state index contributed by atoms with van der Waals surface area (Å²) < 4.78 is 3.99. The van der Waals surface area contributed by atoms with E-state index in [9.17, 15) is 0 Å². The predicted octanol–water partition coefficient (Wildman–Crippen LogP) is 3.16. The lowest BCUT2D eigenvalue weighted by molar-refractivity contribution is 0.789. The molecule has 0 saturated heterocycles. The summed E-state index contributed by atoms with van der Waals surface area (Å²) in [5, 5.41) is 10.1. The van der Waals surface area contributed by atoms with E-state index in [4.69, 9.17) is 11.6 Å². The number of halogens is 1. The van der Waals surface area contributed by atoms with Crippen molar-refractivity contribution in [2.24, 2.45) is 14.1 Å². The molecule has 0 spiro atoms. The summed E-state index contributed by atoms with van der Waals surface area (Å²) in [7, 11) is 3.95. The first-order valence-corrected chi connectivity index (χ1v) is 7.76. The molecule has 0 N–H and O–H groups in total. The largest absolute Gasteiger partial charge is 0.337 e. The van der Waals surface area contributed by atoms with Crippen LogP contribution < -0.4 is 0 Å². The molecule has 2 aromatic heterocycles. The minimum Gasteiger partial charge on any atom is -0.337 e. The molecule has 1 aromatic carbocycles. The van der Waals surface area contributed by atoms with Crippen LogP contribution in [-0.2, 0) is 19.8 Å². The number of rotatable bonds is 4. The summed E-state index contributed by atoms with van der Waals surface area (Å²) in [6.07, 6.45) is 3.73. The molecule has 0 amide bonds. The van der Waals surface area contributed by atoms with Gasteiger partial charge in [0.05, 0.1) is 5.75 Å². The molecule has 2 heterocycles. The Hall–Kier alpha value is -1.79. The van der Waals surface area contributed by atoms with E-state index in [2.05, 4.69) is 15.2 Å². The minimum absolute atomic E-state index is 0.713. The summed E-state index contributed by atoms with van der Waals surface area (Å²) >= 11 is 7.53. The fourth-order valence-electron chi connectivity index (χ4n) is 1.96. The van der Waals surface area contributed by atoms with Gasteiger partial charge < -0.3 is 9.13 Å². The zero-order valence-corrected chi connectivity index (χ0v) is 13.3. The van der Waals surface area contributed by atoms with Gasteiger partial charge in [-0.2, -0.15) is 0 Å². The van der Waals surface area contributed by atoms with Gasteiger partial charge in [-0.25, -0.2) is 4.98 Å². The van der Waals surface area contributed by atoms with Gasteiger partial charge in [0.1, 0.15) is 5.82 Å². The highest BCUT2D eigenvalue weighted by molar-refractivity contribution is 7.98. The Balaban J connectivity index is 1.79. The second kappa shape index (κ2) is 5.91. The Morgan fingerprint density at radius 3 is 2.57 bits per heavy atom. The highest BCUT2D eigenvalue weighted by atomic mass is 35.5. The molecular weight excluding hydrogens is 306 g/mol. The molecule has 5 nitrogen and oxygen atoms in total. The second-order valence-electron chi connectivity index (χ2n) is 4.62. The zero-order chi connectivity index (χ0) is 14.8. The van der Waals surface area contributed by atoms with Crippen LogP contribution in [0.4, 0.5) is 0 Å². The van der Waals surface area contributed by atoms with Gasteiger partial charge in [0.15, 0.2) is 11.0 Å². The maximum absolute atomic E-state index is 5.91. The van der Waals surface area contributed by atoms with Crippen LogP contribution in [0.3, 0.4) is 0 Å². The van der Waals surface area contributed by atoms with Crippen molar-refractivity contribution in [2.75, 3.05) is 0 Å². The molecule has 0 radical (unpaired) electrons. The van der Waals surface area contributed by atoms with Gasteiger partial charge in [-0.15, -0.1) is 10.2 Å². The molecular formula is C14H14ClN5S. The first-order valence-electron chi connectivity index (χ1n) is 6.39. The van der Waals surface area contributed by atoms with Crippen molar-refractivity contribution >= 4 is 23.4 Å². The molecule has 0 atom stereocenters. The van der Waals surface area contributed by atoms with Crippen LogP contribution in [0.5, 0.6) is 0 Å². The number of imidazole rings is 1. The SMILES string of the molecule is Cn1ccnc1CSc1nnc(-c2ccc(Cl)cc2)n1C. The number of hydrogen-bond acceptors (Lipinski definition) is 4. The van der Waals surface area contributed by atoms with Gasteiger partial charge >= 0.3 is 0 Å². The predicted molar refractivity (Wildman–Crippen MR) is 84.2 cm³/mol. The van der Waals surface area contributed by atoms with Crippen molar-refractivity contribution in [3.05, 3.63) is 47.5 Å². The standard InChI is InChI=1S/C14H14ClN5S/c1-19-8-7-16-12(19)9-21-14-18-17-13(20(14)2)10-3-5-11(15)6-4-10/h3-8H,9H2,1-2H3. The average molecular weight is 320 g/mol. The Morgan fingerprint density at radius 1 is 1.14 bits per heavy atom. The summed E-state index contributed by atoms with van der Waals surface area (Å²) in [4.78, 5) is 4.31. The summed E-state index contributed by atoms with van der Waals surface area (Å²) in [6, 6.07) is 7.59. The average Bonchev–Trinajstić information content (AvgIpc) is 3.04. The summed E-state index contributed by atoms with van der Waals surface area (Å²) in [6.45, 7) is 0. The van der Waals surface area contributed by atoms with Crippen molar-refractivity contribution in [3.63, 3.8) is 0 Å². The number of hydrogen-bond donors (Lipinski definition) is 0. The van der Waals surface area contributed by atoms with E-state index in [1.54, 1.807) is 18.0 Å². The Labute approximate surface area is 132 Å². The Bertz CT molecular complexity index is 747. The van der Waals surface area contributed by atoms with E-state index >= 15 is 0 Å². The lowest BCUT2D eigenvalue weighted by Crippen LogP contribution is -1.98. The van der Waals surface area contributed by atoms with Crippen LogP contribution in [0.25, 0.3) is 11.4 Å². The molecule has 7 heteroatoms. The highest BCUT2D eigenvalue weighted by Crippen LogP contribution is 2.25. The van der Waals surface area contributed by atoms with Crippen molar-refractivity contribution in [1.29, 1.82) is 0 Å². The van der Waals surface area contributed by atoms with Crippen LogP contribution in [0.2, 0.25) is 5.02 Å². The zero-order valence-electron chi connectivity index (χ0n) is 11.7. The van der Waals surface area contributed by atoms with Crippen LogP contribution in [-0.4, -0.2) is 24.3 Å². The van der Waals surface area contributed by atoms with Crippen molar-refractivity contribution in [2.45, 2.75) is 10.9 Å². The number of aromatic nitrogens is 5. The third-order valence-electron chi connectivity index (χ3n) is 3.19. The molecule has 21 heavy (non-hydrogen) atoms. The maximum atomic E-state index is 5.91. The third kappa shape index (κ3) is 2.96. The lowest BCUT2D eigenvalue weighted by atomic mass is 10.2. The van der Waals surface area contributed by atoms with E-state index in [0.29, 0.717) is 5.02 Å². The van der Waals surface area contributed by atoms with E-state index < -0.39 is 0 Å². The number of thioether (sulfide) groups is 1. The normalized spacial score (nSPS) is 11.0. The second-order valence-corrected chi connectivity index (χ2v) is 5.99. The quantitative estimate of drug-likeness (QED) is 0.693. The topological polar surface area (TPSA) is 48.5 Å². The van der Waals surface area contributed by atoms with Crippen LogP contribution in [0.1, 0.15) is 5.82 Å². The third-order valence-corrected chi connectivity index (χ3v) is 4.46. The van der Waals surface area contributed by atoms with Gasteiger partial charge in [-0.05, 0) is 24.3 Å².